The van der Waals surface area contributed by atoms with Gasteiger partial charge in [-0.3, -0.25) is 0 Å². The van der Waals surface area contributed by atoms with Gasteiger partial charge in [0, 0.05) is 6.07 Å². The third-order valence-corrected chi connectivity index (χ3v) is 4.25. The molecule has 3 atom stereocenters. The Morgan fingerprint density at radius 2 is 1.76 bits per heavy atom. The molecular weight excluding hydrogens is 288 g/mol. The Kier molecular flexibility index (Phi) is 5.77. The molecule has 0 aliphatic carbocycles. The minimum Gasteiger partial charge on any atom is -0.493 e. The summed E-state index contributed by atoms with van der Waals surface area (Å²) < 4.78 is 16.9. The first-order valence-corrected chi connectivity index (χ1v) is 8.22. The van der Waals surface area contributed by atoms with Crippen molar-refractivity contribution in [3.63, 3.8) is 0 Å². The third kappa shape index (κ3) is 4.04. The Labute approximate surface area is 132 Å². The minimum absolute atomic E-state index is 0.370. The average molecular weight is 313 g/mol. The van der Waals surface area contributed by atoms with Crippen LogP contribution < -0.4 is 9.47 Å². The van der Waals surface area contributed by atoms with E-state index >= 15 is 0 Å². The summed E-state index contributed by atoms with van der Waals surface area (Å²) in [5, 5.41) is 0.651. The van der Waals surface area contributed by atoms with Gasteiger partial charge >= 0.3 is 0 Å². The van der Waals surface area contributed by atoms with Crippen LogP contribution >= 0.6 is 11.6 Å². The van der Waals surface area contributed by atoms with Gasteiger partial charge in [-0.05, 0) is 51.2 Å². The first kappa shape index (κ1) is 16.4. The monoisotopic (exact) mass is 312 g/mol. The number of rotatable bonds is 8. The standard InChI is InChI=1S/C17H25ClO3/c1-5-12(8-15-11(4)21-15)13-9-14(18)17(20-7-3)10-16(13)19-6-2/h9-12,15H,5-8H2,1-4H3. The van der Waals surface area contributed by atoms with E-state index < -0.39 is 0 Å². The average Bonchev–Trinajstić information content (AvgIpc) is 3.15. The highest BCUT2D eigenvalue weighted by atomic mass is 35.5. The van der Waals surface area contributed by atoms with E-state index in [-0.39, 0.29) is 0 Å². The van der Waals surface area contributed by atoms with Crippen LogP contribution in [0.4, 0.5) is 0 Å². The zero-order valence-electron chi connectivity index (χ0n) is 13.3. The predicted molar refractivity (Wildman–Crippen MR) is 85.8 cm³/mol. The number of benzene rings is 1. The van der Waals surface area contributed by atoms with Crippen LogP contribution in [0.15, 0.2) is 12.1 Å². The van der Waals surface area contributed by atoms with Crippen LogP contribution in [0.3, 0.4) is 0 Å². The fourth-order valence-electron chi connectivity index (χ4n) is 2.69. The smallest absolute Gasteiger partial charge is 0.141 e. The molecule has 1 fully saturated rings. The summed E-state index contributed by atoms with van der Waals surface area (Å²) in [6.45, 7) is 9.48. The fourth-order valence-corrected chi connectivity index (χ4v) is 2.91. The molecule has 0 saturated carbocycles. The first-order valence-electron chi connectivity index (χ1n) is 7.85. The van der Waals surface area contributed by atoms with Gasteiger partial charge in [0.15, 0.2) is 0 Å². The molecule has 1 aromatic carbocycles. The summed E-state index contributed by atoms with van der Waals surface area (Å²) in [6, 6.07) is 3.92. The molecule has 1 aliphatic rings. The van der Waals surface area contributed by atoms with Gasteiger partial charge in [0.25, 0.3) is 0 Å². The molecule has 1 saturated heterocycles. The van der Waals surface area contributed by atoms with Crippen molar-refractivity contribution >= 4 is 11.6 Å². The molecule has 2 rings (SSSR count). The van der Waals surface area contributed by atoms with Crippen molar-refractivity contribution in [1.82, 2.24) is 0 Å². The molecular formula is C17H25ClO3. The maximum absolute atomic E-state index is 6.35. The van der Waals surface area contributed by atoms with E-state index in [0.29, 0.717) is 42.1 Å². The molecule has 1 heterocycles. The topological polar surface area (TPSA) is 31.0 Å². The second kappa shape index (κ2) is 7.37. The van der Waals surface area contributed by atoms with Crippen molar-refractivity contribution in [1.29, 1.82) is 0 Å². The summed E-state index contributed by atoms with van der Waals surface area (Å²) in [4.78, 5) is 0. The largest absolute Gasteiger partial charge is 0.493 e. The highest BCUT2D eigenvalue weighted by molar-refractivity contribution is 6.32. The van der Waals surface area contributed by atoms with Gasteiger partial charge < -0.3 is 14.2 Å². The van der Waals surface area contributed by atoms with E-state index in [1.165, 1.54) is 0 Å². The van der Waals surface area contributed by atoms with E-state index in [1.54, 1.807) is 0 Å². The summed E-state index contributed by atoms with van der Waals surface area (Å²) in [7, 11) is 0. The minimum atomic E-state index is 0.370. The molecule has 3 nitrogen and oxygen atoms in total. The molecule has 0 bridgehead atoms. The molecule has 0 spiro atoms. The van der Waals surface area contributed by atoms with Gasteiger partial charge in [-0.25, -0.2) is 0 Å². The second-order valence-electron chi connectivity index (χ2n) is 5.41. The van der Waals surface area contributed by atoms with Crippen LogP contribution in [0.5, 0.6) is 11.5 Å². The van der Waals surface area contributed by atoms with Crippen molar-refractivity contribution in [2.24, 2.45) is 0 Å². The summed E-state index contributed by atoms with van der Waals surface area (Å²) in [5.74, 6) is 1.97. The van der Waals surface area contributed by atoms with Crippen LogP contribution in [0.1, 0.15) is 52.0 Å². The van der Waals surface area contributed by atoms with Gasteiger partial charge in [0.1, 0.15) is 11.5 Å². The van der Waals surface area contributed by atoms with Gasteiger partial charge in [-0.1, -0.05) is 18.5 Å². The second-order valence-corrected chi connectivity index (χ2v) is 5.81. The number of halogens is 1. The Bertz CT molecular complexity index is 475. The maximum Gasteiger partial charge on any atom is 0.141 e. The Morgan fingerprint density at radius 3 is 2.29 bits per heavy atom. The molecule has 3 unspecified atom stereocenters. The molecule has 4 heteroatoms. The lowest BCUT2D eigenvalue weighted by Crippen LogP contribution is -2.07. The first-order chi connectivity index (χ1) is 10.1. The zero-order valence-corrected chi connectivity index (χ0v) is 14.1. The van der Waals surface area contributed by atoms with E-state index in [1.807, 2.05) is 26.0 Å². The molecule has 118 valence electrons. The van der Waals surface area contributed by atoms with E-state index in [4.69, 9.17) is 25.8 Å². The van der Waals surface area contributed by atoms with Gasteiger partial charge in [-0.15, -0.1) is 0 Å². The van der Waals surface area contributed by atoms with E-state index in [9.17, 15) is 0 Å². The van der Waals surface area contributed by atoms with Gasteiger partial charge in [-0.2, -0.15) is 0 Å². The Morgan fingerprint density at radius 1 is 1.14 bits per heavy atom. The summed E-state index contributed by atoms with van der Waals surface area (Å²) in [5.41, 5.74) is 1.16. The van der Waals surface area contributed by atoms with Crippen LogP contribution in [0, 0.1) is 0 Å². The van der Waals surface area contributed by atoms with Crippen molar-refractivity contribution in [2.75, 3.05) is 13.2 Å². The SMILES string of the molecule is CCOc1cc(OCC)c(C(CC)CC2OC2C)cc1Cl. The van der Waals surface area contributed by atoms with E-state index in [0.717, 1.165) is 24.2 Å². The molecule has 21 heavy (non-hydrogen) atoms. The highest BCUT2D eigenvalue weighted by Gasteiger charge is 2.36. The number of hydrogen-bond acceptors (Lipinski definition) is 3. The quantitative estimate of drug-likeness (QED) is 0.645. The van der Waals surface area contributed by atoms with Crippen molar-refractivity contribution in [2.45, 2.75) is 58.7 Å². The summed E-state index contributed by atoms with van der Waals surface area (Å²) >= 11 is 6.35. The van der Waals surface area contributed by atoms with E-state index in [2.05, 4.69) is 13.8 Å². The van der Waals surface area contributed by atoms with Gasteiger partial charge in [0.2, 0.25) is 0 Å². The molecule has 0 N–H and O–H groups in total. The third-order valence-electron chi connectivity index (χ3n) is 3.95. The Hall–Kier alpha value is -0.930. The maximum atomic E-state index is 6.35. The molecule has 1 aromatic rings. The van der Waals surface area contributed by atoms with Crippen LogP contribution in [-0.2, 0) is 4.74 Å². The molecule has 0 radical (unpaired) electrons. The van der Waals surface area contributed by atoms with Crippen molar-refractivity contribution < 1.29 is 14.2 Å². The van der Waals surface area contributed by atoms with Crippen LogP contribution in [0.2, 0.25) is 5.02 Å². The van der Waals surface area contributed by atoms with Crippen LogP contribution in [-0.4, -0.2) is 25.4 Å². The Balaban J connectivity index is 2.27. The number of ether oxygens (including phenoxy) is 3. The number of epoxide rings is 1. The lowest BCUT2D eigenvalue weighted by Gasteiger charge is -2.20. The fraction of sp³-hybridized carbons (Fsp3) is 0.647. The predicted octanol–water partition coefficient (Wildman–Crippen LogP) is 4.81. The highest BCUT2D eigenvalue weighted by Crippen LogP contribution is 2.42. The van der Waals surface area contributed by atoms with Crippen molar-refractivity contribution in [3.8, 4) is 11.5 Å². The normalized spacial score (nSPS) is 22.0. The lowest BCUT2D eigenvalue weighted by atomic mass is 9.90. The molecule has 1 aliphatic heterocycles. The van der Waals surface area contributed by atoms with Crippen molar-refractivity contribution in [3.05, 3.63) is 22.7 Å². The molecule has 0 aromatic heterocycles. The lowest BCUT2D eigenvalue weighted by molar-refractivity contribution is 0.315. The van der Waals surface area contributed by atoms with Gasteiger partial charge in [0.05, 0.1) is 30.4 Å². The summed E-state index contributed by atoms with van der Waals surface area (Å²) in [6.07, 6.45) is 2.81. The molecule has 0 amide bonds. The number of hydrogen-bond donors (Lipinski definition) is 0. The zero-order chi connectivity index (χ0) is 15.4. The van der Waals surface area contributed by atoms with Crippen LogP contribution in [0.25, 0.3) is 0 Å².